The van der Waals surface area contributed by atoms with Crippen LogP contribution < -0.4 is 10.2 Å². The predicted octanol–water partition coefficient (Wildman–Crippen LogP) is 1.83. The van der Waals surface area contributed by atoms with Crippen LogP contribution in [0.1, 0.15) is 36.9 Å². The third-order valence-electron chi connectivity index (χ3n) is 3.57. The molecule has 2 heterocycles. The third-order valence-corrected chi connectivity index (χ3v) is 3.57. The van der Waals surface area contributed by atoms with E-state index in [0.717, 1.165) is 12.2 Å². The molecule has 1 aliphatic heterocycles. The lowest BCUT2D eigenvalue weighted by Gasteiger charge is -2.24. The number of hydrogen-bond donors (Lipinski definition) is 1. The minimum atomic E-state index is 0.908. The second-order valence-corrected chi connectivity index (χ2v) is 4.94. The summed E-state index contributed by atoms with van der Waals surface area (Å²) in [4.78, 5) is 2.51. The van der Waals surface area contributed by atoms with Crippen molar-refractivity contribution in [3.63, 3.8) is 0 Å². The number of aromatic nitrogens is 2. The lowest BCUT2D eigenvalue weighted by atomic mass is 10.2. The number of aryl methyl sites for hydroxylation is 2. The van der Waals surface area contributed by atoms with E-state index in [9.17, 15) is 0 Å². The Bertz CT molecular complexity index is 362. The van der Waals surface area contributed by atoms with E-state index in [1.54, 1.807) is 0 Å². The number of hydrogen-bond acceptors (Lipinski definition) is 3. The molecule has 2 rings (SSSR count). The first-order valence-corrected chi connectivity index (χ1v) is 6.66. The summed E-state index contributed by atoms with van der Waals surface area (Å²) >= 11 is 0. The van der Waals surface area contributed by atoms with Gasteiger partial charge in [-0.3, -0.25) is 4.68 Å². The van der Waals surface area contributed by atoms with E-state index in [1.807, 2.05) is 11.7 Å². The SMILES string of the molecule is CNCc1c(C)nn(C)c1N1CCCCCC1. The average Bonchev–Trinajstić information content (AvgIpc) is 2.52. The van der Waals surface area contributed by atoms with E-state index in [1.165, 1.54) is 50.2 Å². The highest BCUT2D eigenvalue weighted by atomic mass is 15.4. The molecule has 0 atom stereocenters. The second-order valence-electron chi connectivity index (χ2n) is 4.94. The van der Waals surface area contributed by atoms with E-state index in [-0.39, 0.29) is 0 Å². The third kappa shape index (κ3) is 2.63. The number of nitrogens with zero attached hydrogens (tertiary/aromatic N) is 3. The fourth-order valence-electron chi connectivity index (χ4n) is 2.75. The molecule has 0 aromatic carbocycles. The van der Waals surface area contributed by atoms with Crippen LogP contribution in [0.4, 0.5) is 5.82 Å². The molecule has 1 aliphatic rings. The molecule has 1 saturated heterocycles. The van der Waals surface area contributed by atoms with Crippen molar-refractivity contribution >= 4 is 5.82 Å². The van der Waals surface area contributed by atoms with Gasteiger partial charge in [-0.2, -0.15) is 5.10 Å². The fraction of sp³-hybridized carbons (Fsp3) is 0.769. The van der Waals surface area contributed by atoms with Crippen LogP contribution in [0, 0.1) is 6.92 Å². The molecule has 4 nitrogen and oxygen atoms in total. The minimum Gasteiger partial charge on any atom is -0.357 e. The normalized spacial score (nSPS) is 17.2. The lowest BCUT2D eigenvalue weighted by Crippen LogP contribution is -2.27. The van der Waals surface area contributed by atoms with Crippen LogP contribution >= 0.6 is 0 Å². The first kappa shape index (κ1) is 12.4. The summed E-state index contributed by atoms with van der Waals surface area (Å²) in [7, 11) is 4.06. The Kier molecular flexibility index (Phi) is 4.05. The van der Waals surface area contributed by atoms with Crippen molar-refractivity contribution in [3.8, 4) is 0 Å². The zero-order chi connectivity index (χ0) is 12.3. The highest BCUT2D eigenvalue weighted by Crippen LogP contribution is 2.25. The van der Waals surface area contributed by atoms with E-state index in [0.29, 0.717) is 0 Å². The van der Waals surface area contributed by atoms with Gasteiger partial charge in [0.2, 0.25) is 0 Å². The van der Waals surface area contributed by atoms with E-state index >= 15 is 0 Å². The number of nitrogens with one attached hydrogen (secondary N) is 1. The van der Waals surface area contributed by atoms with Crippen molar-refractivity contribution < 1.29 is 0 Å². The number of rotatable bonds is 3. The standard InChI is InChI=1S/C13H24N4/c1-11-12(10-14-2)13(16(3)15-11)17-8-6-4-5-7-9-17/h14H,4-10H2,1-3H3. The summed E-state index contributed by atoms with van der Waals surface area (Å²) in [6, 6.07) is 0. The number of anilines is 1. The van der Waals surface area contributed by atoms with Crippen molar-refractivity contribution in [2.45, 2.75) is 39.2 Å². The van der Waals surface area contributed by atoms with E-state index in [4.69, 9.17) is 0 Å². The summed E-state index contributed by atoms with van der Waals surface area (Å²) in [6.07, 6.45) is 5.36. The molecule has 4 heteroatoms. The summed E-state index contributed by atoms with van der Waals surface area (Å²) < 4.78 is 2.05. The summed E-state index contributed by atoms with van der Waals surface area (Å²) in [5.74, 6) is 1.32. The van der Waals surface area contributed by atoms with Gasteiger partial charge in [-0.1, -0.05) is 12.8 Å². The molecule has 0 amide bonds. The van der Waals surface area contributed by atoms with Crippen molar-refractivity contribution in [2.24, 2.45) is 7.05 Å². The van der Waals surface area contributed by atoms with Gasteiger partial charge >= 0.3 is 0 Å². The van der Waals surface area contributed by atoms with Crippen molar-refractivity contribution in [2.75, 3.05) is 25.0 Å². The predicted molar refractivity (Wildman–Crippen MR) is 71.4 cm³/mol. The van der Waals surface area contributed by atoms with Crippen LogP contribution in [0.3, 0.4) is 0 Å². The Balaban J connectivity index is 2.28. The first-order valence-electron chi connectivity index (χ1n) is 6.66. The molecule has 0 unspecified atom stereocenters. The molecule has 96 valence electrons. The van der Waals surface area contributed by atoms with Gasteiger partial charge in [0.05, 0.1) is 5.69 Å². The average molecular weight is 236 g/mol. The Morgan fingerprint density at radius 1 is 1.18 bits per heavy atom. The Hall–Kier alpha value is -1.03. The van der Waals surface area contributed by atoms with Gasteiger partial charge in [0.1, 0.15) is 5.82 Å². The molecule has 17 heavy (non-hydrogen) atoms. The van der Waals surface area contributed by atoms with E-state index < -0.39 is 0 Å². The van der Waals surface area contributed by atoms with Gasteiger partial charge in [0.25, 0.3) is 0 Å². The zero-order valence-corrected chi connectivity index (χ0v) is 11.3. The molecular weight excluding hydrogens is 212 g/mol. The van der Waals surface area contributed by atoms with Crippen LogP contribution in [-0.4, -0.2) is 29.9 Å². The summed E-state index contributed by atoms with van der Waals surface area (Å²) in [5.41, 5.74) is 2.51. The van der Waals surface area contributed by atoms with Crippen LogP contribution in [0.15, 0.2) is 0 Å². The molecule has 0 radical (unpaired) electrons. The minimum absolute atomic E-state index is 0.908. The maximum Gasteiger partial charge on any atom is 0.131 e. The highest BCUT2D eigenvalue weighted by molar-refractivity contribution is 5.50. The quantitative estimate of drug-likeness (QED) is 0.869. The molecule has 1 fully saturated rings. The van der Waals surface area contributed by atoms with Gasteiger partial charge < -0.3 is 10.2 Å². The Morgan fingerprint density at radius 3 is 2.41 bits per heavy atom. The van der Waals surface area contributed by atoms with Gasteiger partial charge in [-0.25, -0.2) is 0 Å². The van der Waals surface area contributed by atoms with Crippen LogP contribution in [-0.2, 0) is 13.6 Å². The lowest BCUT2D eigenvalue weighted by molar-refractivity contribution is 0.692. The molecule has 1 aromatic heterocycles. The Morgan fingerprint density at radius 2 is 1.82 bits per heavy atom. The largest absolute Gasteiger partial charge is 0.357 e. The summed E-state index contributed by atoms with van der Waals surface area (Å²) in [6.45, 7) is 5.37. The topological polar surface area (TPSA) is 33.1 Å². The highest BCUT2D eigenvalue weighted by Gasteiger charge is 2.19. The maximum absolute atomic E-state index is 4.57. The Labute approximate surface area is 104 Å². The van der Waals surface area contributed by atoms with Crippen LogP contribution in [0.2, 0.25) is 0 Å². The van der Waals surface area contributed by atoms with Gasteiger partial charge in [0, 0.05) is 32.2 Å². The van der Waals surface area contributed by atoms with Gasteiger partial charge in [-0.15, -0.1) is 0 Å². The van der Waals surface area contributed by atoms with Crippen LogP contribution in [0.5, 0.6) is 0 Å². The van der Waals surface area contributed by atoms with E-state index in [2.05, 4.69) is 29.3 Å². The summed E-state index contributed by atoms with van der Waals surface area (Å²) in [5, 5.41) is 7.82. The molecule has 1 aromatic rings. The van der Waals surface area contributed by atoms with Gasteiger partial charge in [0.15, 0.2) is 0 Å². The molecule has 0 aliphatic carbocycles. The van der Waals surface area contributed by atoms with Crippen LogP contribution in [0.25, 0.3) is 0 Å². The maximum atomic E-state index is 4.57. The second kappa shape index (κ2) is 5.54. The smallest absolute Gasteiger partial charge is 0.131 e. The molecule has 0 saturated carbocycles. The molecular formula is C13H24N4. The first-order chi connectivity index (χ1) is 8.24. The molecule has 0 spiro atoms. The van der Waals surface area contributed by atoms with Crippen molar-refractivity contribution in [1.82, 2.24) is 15.1 Å². The zero-order valence-electron chi connectivity index (χ0n) is 11.3. The molecule has 1 N–H and O–H groups in total. The van der Waals surface area contributed by atoms with Crippen molar-refractivity contribution in [3.05, 3.63) is 11.3 Å². The molecule has 0 bridgehead atoms. The van der Waals surface area contributed by atoms with Gasteiger partial charge in [-0.05, 0) is 26.8 Å². The monoisotopic (exact) mass is 236 g/mol. The van der Waals surface area contributed by atoms with Crippen molar-refractivity contribution in [1.29, 1.82) is 0 Å². The fourth-order valence-corrected chi connectivity index (χ4v) is 2.75.